The van der Waals surface area contributed by atoms with Crippen molar-refractivity contribution in [2.75, 3.05) is 37.8 Å². The Morgan fingerprint density at radius 2 is 1.78 bits per heavy atom. The summed E-state index contributed by atoms with van der Waals surface area (Å²) in [5.41, 5.74) is 2.12. The Hall–Kier alpha value is -2.47. The molecule has 1 amide bonds. The Bertz CT molecular complexity index is 640. The fourth-order valence-corrected chi connectivity index (χ4v) is 2.07. The van der Waals surface area contributed by atoms with Gasteiger partial charge in [-0.2, -0.15) is 0 Å². The van der Waals surface area contributed by atoms with E-state index < -0.39 is 0 Å². The van der Waals surface area contributed by atoms with Gasteiger partial charge < -0.3 is 15.5 Å². The van der Waals surface area contributed by atoms with Crippen molar-refractivity contribution < 1.29 is 4.79 Å². The van der Waals surface area contributed by atoms with Gasteiger partial charge in [-0.15, -0.1) is 10.2 Å². The van der Waals surface area contributed by atoms with E-state index in [-0.39, 0.29) is 5.91 Å². The van der Waals surface area contributed by atoms with E-state index >= 15 is 0 Å². The van der Waals surface area contributed by atoms with Gasteiger partial charge in [-0.25, -0.2) is 0 Å². The van der Waals surface area contributed by atoms with E-state index in [0.717, 1.165) is 24.2 Å². The molecule has 2 N–H and O–H groups in total. The summed E-state index contributed by atoms with van der Waals surface area (Å²) < 4.78 is 0. The first kappa shape index (κ1) is 16.9. The molecule has 23 heavy (non-hydrogen) atoms. The van der Waals surface area contributed by atoms with Crippen LogP contribution in [0.3, 0.4) is 0 Å². The molecule has 2 aromatic rings. The molecule has 122 valence electrons. The highest BCUT2D eigenvalue weighted by atomic mass is 16.1. The van der Waals surface area contributed by atoms with E-state index in [1.54, 1.807) is 6.07 Å². The van der Waals surface area contributed by atoms with Crippen molar-refractivity contribution in [2.24, 2.45) is 0 Å². The van der Waals surface area contributed by atoms with Crippen LogP contribution in [-0.2, 0) is 11.2 Å². The first-order valence-electron chi connectivity index (χ1n) is 7.61. The predicted molar refractivity (Wildman–Crippen MR) is 92.6 cm³/mol. The quantitative estimate of drug-likeness (QED) is 0.817. The second-order valence-corrected chi connectivity index (χ2v) is 5.69. The molecule has 1 aromatic carbocycles. The topological polar surface area (TPSA) is 70.2 Å². The maximum Gasteiger partial charge on any atom is 0.230 e. The molecular weight excluding hydrogens is 290 g/mol. The van der Waals surface area contributed by atoms with Gasteiger partial charge in [0.1, 0.15) is 5.82 Å². The van der Waals surface area contributed by atoms with Gasteiger partial charge in [-0.05, 0) is 44.3 Å². The van der Waals surface area contributed by atoms with Gasteiger partial charge in [0.2, 0.25) is 5.91 Å². The number of amides is 1. The highest BCUT2D eigenvalue weighted by Gasteiger charge is 2.07. The smallest absolute Gasteiger partial charge is 0.230 e. The van der Waals surface area contributed by atoms with Crippen molar-refractivity contribution >= 4 is 17.5 Å². The number of anilines is 2. The molecule has 0 saturated heterocycles. The zero-order chi connectivity index (χ0) is 16.7. The highest BCUT2D eigenvalue weighted by Crippen LogP contribution is 2.10. The first-order valence-corrected chi connectivity index (χ1v) is 7.61. The number of hydrogen-bond donors (Lipinski definition) is 2. The molecule has 0 radical (unpaired) electrons. The van der Waals surface area contributed by atoms with Crippen LogP contribution in [0.4, 0.5) is 11.6 Å². The molecule has 0 aliphatic heterocycles. The standard InChI is InChI=1S/C17H23N5O/c1-13-6-4-5-7-14(13)12-17(23)19-16-9-8-15(20-21-16)18-10-11-22(2)3/h4-9H,10-12H2,1-3H3,(H,18,20)(H,19,21,23). The maximum absolute atomic E-state index is 12.1. The molecule has 0 atom stereocenters. The van der Waals surface area contributed by atoms with E-state index in [1.165, 1.54) is 0 Å². The SMILES string of the molecule is Cc1ccccc1CC(=O)Nc1ccc(NCCN(C)C)nn1. The Morgan fingerprint density at radius 1 is 1.09 bits per heavy atom. The maximum atomic E-state index is 12.1. The third-order valence-electron chi connectivity index (χ3n) is 3.41. The van der Waals surface area contributed by atoms with Crippen LogP contribution in [0.2, 0.25) is 0 Å². The molecule has 0 aliphatic carbocycles. The third-order valence-corrected chi connectivity index (χ3v) is 3.41. The average Bonchev–Trinajstić information content (AvgIpc) is 2.51. The van der Waals surface area contributed by atoms with Crippen LogP contribution < -0.4 is 10.6 Å². The minimum Gasteiger partial charge on any atom is -0.367 e. The predicted octanol–water partition coefficient (Wildman–Crippen LogP) is 1.94. The summed E-state index contributed by atoms with van der Waals surface area (Å²) in [7, 11) is 4.03. The van der Waals surface area contributed by atoms with E-state index in [4.69, 9.17) is 0 Å². The van der Waals surface area contributed by atoms with Crippen molar-refractivity contribution in [1.29, 1.82) is 0 Å². The van der Waals surface area contributed by atoms with Gasteiger partial charge >= 0.3 is 0 Å². The van der Waals surface area contributed by atoms with Gasteiger partial charge in [0.25, 0.3) is 0 Å². The monoisotopic (exact) mass is 313 g/mol. The third kappa shape index (κ3) is 5.67. The molecule has 0 bridgehead atoms. The summed E-state index contributed by atoms with van der Waals surface area (Å²) in [4.78, 5) is 14.1. The van der Waals surface area contributed by atoms with Crippen LogP contribution in [0.25, 0.3) is 0 Å². The van der Waals surface area contributed by atoms with E-state index in [0.29, 0.717) is 18.1 Å². The molecule has 0 saturated carbocycles. The zero-order valence-corrected chi connectivity index (χ0v) is 13.8. The van der Waals surface area contributed by atoms with Gasteiger partial charge in [0.15, 0.2) is 5.82 Å². The molecule has 1 aromatic heterocycles. The second-order valence-electron chi connectivity index (χ2n) is 5.69. The van der Waals surface area contributed by atoms with Gasteiger partial charge in [-0.1, -0.05) is 24.3 Å². The molecule has 2 rings (SSSR count). The summed E-state index contributed by atoms with van der Waals surface area (Å²) in [5, 5.41) is 14.0. The minimum atomic E-state index is -0.0954. The van der Waals surface area contributed by atoms with E-state index in [9.17, 15) is 4.79 Å². The summed E-state index contributed by atoms with van der Waals surface area (Å²) in [6.07, 6.45) is 0.331. The number of likely N-dealkylation sites (N-methyl/N-ethyl adjacent to an activating group) is 1. The average molecular weight is 313 g/mol. The first-order chi connectivity index (χ1) is 11.0. The fourth-order valence-electron chi connectivity index (χ4n) is 2.07. The van der Waals surface area contributed by atoms with Gasteiger partial charge in [0, 0.05) is 13.1 Å². The van der Waals surface area contributed by atoms with Crippen LogP contribution in [0.15, 0.2) is 36.4 Å². The van der Waals surface area contributed by atoms with Crippen molar-refractivity contribution in [2.45, 2.75) is 13.3 Å². The number of nitrogens with zero attached hydrogens (tertiary/aromatic N) is 3. The normalized spacial score (nSPS) is 10.6. The molecule has 0 unspecified atom stereocenters. The number of rotatable bonds is 7. The molecule has 6 nitrogen and oxygen atoms in total. The Balaban J connectivity index is 1.85. The number of aromatic nitrogens is 2. The molecular formula is C17H23N5O. The molecule has 6 heteroatoms. The van der Waals surface area contributed by atoms with Crippen LogP contribution >= 0.6 is 0 Å². The van der Waals surface area contributed by atoms with Crippen molar-refractivity contribution in [3.63, 3.8) is 0 Å². The molecule has 0 aliphatic rings. The van der Waals surface area contributed by atoms with Crippen molar-refractivity contribution in [3.05, 3.63) is 47.5 Å². The zero-order valence-electron chi connectivity index (χ0n) is 13.8. The lowest BCUT2D eigenvalue weighted by molar-refractivity contribution is -0.115. The Kier molecular flexibility index (Phi) is 6.05. The number of hydrogen-bond acceptors (Lipinski definition) is 5. The summed E-state index contributed by atoms with van der Waals surface area (Å²) in [6.45, 7) is 3.70. The summed E-state index contributed by atoms with van der Waals surface area (Å²) in [5.74, 6) is 1.06. The van der Waals surface area contributed by atoms with Crippen LogP contribution in [0.1, 0.15) is 11.1 Å². The Labute approximate surface area is 136 Å². The van der Waals surface area contributed by atoms with Crippen molar-refractivity contribution in [3.8, 4) is 0 Å². The number of nitrogens with one attached hydrogen (secondary N) is 2. The van der Waals surface area contributed by atoms with Crippen LogP contribution in [0.5, 0.6) is 0 Å². The lowest BCUT2D eigenvalue weighted by atomic mass is 10.1. The minimum absolute atomic E-state index is 0.0954. The van der Waals surface area contributed by atoms with Gasteiger partial charge in [0.05, 0.1) is 6.42 Å². The number of carbonyl (C=O) groups excluding carboxylic acids is 1. The van der Waals surface area contributed by atoms with Crippen molar-refractivity contribution in [1.82, 2.24) is 15.1 Å². The second kappa shape index (κ2) is 8.24. The number of carbonyl (C=O) groups is 1. The molecule has 0 fully saturated rings. The Morgan fingerprint density at radius 3 is 2.43 bits per heavy atom. The highest BCUT2D eigenvalue weighted by molar-refractivity contribution is 5.91. The van der Waals surface area contributed by atoms with E-state index in [1.807, 2.05) is 51.4 Å². The van der Waals surface area contributed by atoms with Crippen LogP contribution in [-0.4, -0.2) is 48.2 Å². The van der Waals surface area contributed by atoms with Gasteiger partial charge in [-0.3, -0.25) is 4.79 Å². The lowest BCUT2D eigenvalue weighted by Crippen LogP contribution is -2.21. The summed E-state index contributed by atoms with van der Waals surface area (Å²) in [6, 6.07) is 11.4. The number of aryl methyl sites for hydroxylation is 1. The van der Waals surface area contributed by atoms with Crippen LogP contribution in [0, 0.1) is 6.92 Å². The van der Waals surface area contributed by atoms with E-state index in [2.05, 4.69) is 25.7 Å². The largest absolute Gasteiger partial charge is 0.367 e. The fraction of sp³-hybridized carbons (Fsp3) is 0.353. The number of benzene rings is 1. The summed E-state index contributed by atoms with van der Waals surface area (Å²) >= 11 is 0. The molecule has 0 spiro atoms. The molecule has 1 heterocycles. The lowest BCUT2D eigenvalue weighted by Gasteiger charge is -2.10.